The lowest BCUT2D eigenvalue weighted by Gasteiger charge is -2.42. The first kappa shape index (κ1) is 21.9. The summed E-state index contributed by atoms with van der Waals surface area (Å²) in [4.78, 5) is 29.9. The molecule has 1 aliphatic heterocycles. The average molecular weight is 467 g/mol. The molecule has 1 saturated carbocycles. The number of hydrogen-bond donors (Lipinski definition) is 1. The van der Waals surface area contributed by atoms with Gasteiger partial charge in [-0.25, -0.2) is 0 Å². The van der Waals surface area contributed by atoms with Gasteiger partial charge in [-0.2, -0.15) is 0 Å². The molecule has 0 aromatic heterocycles. The first-order valence-electron chi connectivity index (χ1n) is 12.6. The standard InChI is InChI=1S/C30H30N2O3/c1-35-22-11-6-10-20(18-22)28-27(24-13-4-5-14-25(24)30(34)32(28)21-16-17-21)29(33)31-26-15-7-9-19-8-2-3-12-23(19)26/h2-6,8,10-14,18,21,26-28H,7,9,15-17H2,1H3,(H,31,33)/t26-,27-,28-/m1/s1. The van der Waals surface area contributed by atoms with Crippen molar-refractivity contribution in [2.45, 2.75) is 56.1 Å². The van der Waals surface area contributed by atoms with Crippen molar-refractivity contribution < 1.29 is 14.3 Å². The highest BCUT2D eigenvalue weighted by atomic mass is 16.5. The molecule has 5 heteroatoms. The van der Waals surface area contributed by atoms with Crippen molar-refractivity contribution in [1.29, 1.82) is 0 Å². The lowest BCUT2D eigenvalue weighted by Crippen LogP contribution is -2.49. The van der Waals surface area contributed by atoms with Crippen LogP contribution in [-0.2, 0) is 11.2 Å². The molecule has 3 aromatic carbocycles. The van der Waals surface area contributed by atoms with Gasteiger partial charge in [0.15, 0.2) is 0 Å². The molecule has 0 unspecified atom stereocenters. The summed E-state index contributed by atoms with van der Waals surface area (Å²) in [5.74, 6) is 0.226. The molecule has 1 heterocycles. The van der Waals surface area contributed by atoms with Gasteiger partial charge in [-0.3, -0.25) is 9.59 Å². The van der Waals surface area contributed by atoms with Crippen LogP contribution in [0.1, 0.15) is 76.3 Å². The minimum atomic E-state index is -0.495. The number of ether oxygens (including phenoxy) is 1. The van der Waals surface area contributed by atoms with Crippen LogP contribution in [0.3, 0.4) is 0 Å². The molecule has 6 rings (SSSR count). The minimum Gasteiger partial charge on any atom is -0.497 e. The predicted molar refractivity (Wildman–Crippen MR) is 134 cm³/mol. The van der Waals surface area contributed by atoms with Gasteiger partial charge in [0.25, 0.3) is 5.91 Å². The molecule has 0 bridgehead atoms. The van der Waals surface area contributed by atoms with Crippen LogP contribution >= 0.6 is 0 Å². The molecular formula is C30H30N2O3. The molecule has 1 fully saturated rings. The van der Waals surface area contributed by atoms with E-state index in [4.69, 9.17) is 4.74 Å². The van der Waals surface area contributed by atoms with Gasteiger partial charge in [-0.1, -0.05) is 54.6 Å². The van der Waals surface area contributed by atoms with Crippen molar-refractivity contribution in [3.8, 4) is 5.75 Å². The van der Waals surface area contributed by atoms with Crippen LogP contribution in [0.2, 0.25) is 0 Å². The van der Waals surface area contributed by atoms with Crippen molar-refractivity contribution >= 4 is 11.8 Å². The van der Waals surface area contributed by atoms with E-state index in [0.717, 1.165) is 49.0 Å². The van der Waals surface area contributed by atoms with Gasteiger partial charge in [0.05, 0.1) is 25.1 Å². The van der Waals surface area contributed by atoms with Gasteiger partial charge in [0.2, 0.25) is 5.91 Å². The number of methoxy groups -OCH3 is 1. The number of nitrogens with zero attached hydrogens (tertiary/aromatic N) is 1. The number of carbonyl (C=O) groups excluding carboxylic acids is 2. The third kappa shape index (κ3) is 3.89. The number of aryl methyl sites for hydroxylation is 1. The molecule has 3 aliphatic rings. The van der Waals surface area contributed by atoms with E-state index in [9.17, 15) is 9.59 Å². The van der Waals surface area contributed by atoms with E-state index in [1.165, 1.54) is 11.1 Å². The molecule has 3 aromatic rings. The Morgan fingerprint density at radius 1 is 0.943 bits per heavy atom. The van der Waals surface area contributed by atoms with E-state index in [-0.39, 0.29) is 29.9 Å². The predicted octanol–water partition coefficient (Wildman–Crippen LogP) is 5.33. The van der Waals surface area contributed by atoms with E-state index in [2.05, 4.69) is 23.5 Å². The van der Waals surface area contributed by atoms with Crippen molar-refractivity contribution in [3.05, 3.63) is 101 Å². The Morgan fingerprint density at radius 3 is 2.51 bits per heavy atom. The Hall–Kier alpha value is -3.60. The zero-order valence-electron chi connectivity index (χ0n) is 19.9. The van der Waals surface area contributed by atoms with Crippen LogP contribution < -0.4 is 10.1 Å². The number of fused-ring (bicyclic) bond motifs is 2. The van der Waals surface area contributed by atoms with Gasteiger partial charge >= 0.3 is 0 Å². The van der Waals surface area contributed by atoms with Crippen molar-refractivity contribution in [1.82, 2.24) is 10.2 Å². The summed E-state index contributed by atoms with van der Waals surface area (Å²) in [7, 11) is 1.64. The van der Waals surface area contributed by atoms with Gasteiger partial charge in [0, 0.05) is 11.6 Å². The quantitative estimate of drug-likeness (QED) is 0.553. The molecule has 3 atom stereocenters. The second-order valence-corrected chi connectivity index (χ2v) is 9.88. The van der Waals surface area contributed by atoms with Crippen LogP contribution in [0.15, 0.2) is 72.8 Å². The second kappa shape index (κ2) is 8.88. The van der Waals surface area contributed by atoms with E-state index < -0.39 is 5.92 Å². The summed E-state index contributed by atoms with van der Waals surface area (Å²) < 4.78 is 5.51. The summed E-state index contributed by atoms with van der Waals surface area (Å²) >= 11 is 0. The summed E-state index contributed by atoms with van der Waals surface area (Å²) in [5, 5.41) is 3.40. The van der Waals surface area contributed by atoms with Crippen molar-refractivity contribution in [2.75, 3.05) is 7.11 Å². The number of benzene rings is 3. The summed E-state index contributed by atoms with van der Waals surface area (Å²) in [6.45, 7) is 0. The summed E-state index contributed by atoms with van der Waals surface area (Å²) in [6.07, 6.45) is 4.96. The highest BCUT2D eigenvalue weighted by Crippen LogP contribution is 2.48. The van der Waals surface area contributed by atoms with Crippen LogP contribution in [0.4, 0.5) is 0 Å². The van der Waals surface area contributed by atoms with Crippen molar-refractivity contribution in [2.24, 2.45) is 0 Å². The first-order valence-corrected chi connectivity index (χ1v) is 12.6. The third-order valence-electron chi connectivity index (χ3n) is 7.72. The topological polar surface area (TPSA) is 58.6 Å². The fourth-order valence-corrected chi connectivity index (χ4v) is 5.93. The molecule has 0 spiro atoms. The van der Waals surface area contributed by atoms with Gasteiger partial charge in [0.1, 0.15) is 5.75 Å². The van der Waals surface area contributed by atoms with Crippen LogP contribution in [0.5, 0.6) is 5.75 Å². The van der Waals surface area contributed by atoms with Gasteiger partial charge < -0.3 is 15.0 Å². The molecule has 0 saturated heterocycles. The lowest BCUT2D eigenvalue weighted by molar-refractivity contribution is -0.125. The number of nitrogens with one attached hydrogen (secondary N) is 1. The zero-order valence-corrected chi connectivity index (χ0v) is 19.9. The second-order valence-electron chi connectivity index (χ2n) is 9.88. The number of carbonyl (C=O) groups is 2. The Morgan fingerprint density at radius 2 is 1.71 bits per heavy atom. The summed E-state index contributed by atoms with van der Waals surface area (Å²) in [6, 6.07) is 23.6. The maximum atomic E-state index is 14.2. The zero-order chi connectivity index (χ0) is 23.9. The average Bonchev–Trinajstić information content (AvgIpc) is 3.74. The maximum absolute atomic E-state index is 14.2. The SMILES string of the molecule is COc1cccc([C@@H]2[C@H](C(=O)N[C@@H]3CCCc4ccccc43)c3ccccc3C(=O)N2C2CC2)c1. The molecule has 1 N–H and O–H groups in total. The van der Waals surface area contributed by atoms with Crippen molar-refractivity contribution in [3.63, 3.8) is 0 Å². The third-order valence-corrected chi connectivity index (χ3v) is 7.72. The minimum absolute atomic E-state index is 0.0161. The Bertz CT molecular complexity index is 1280. The Kier molecular flexibility index (Phi) is 5.56. The fourth-order valence-electron chi connectivity index (χ4n) is 5.93. The largest absolute Gasteiger partial charge is 0.497 e. The first-order chi connectivity index (χ1) is 17.2. The Labute approximate surface area is 206 Å². The molecular weight excluding hydrogens is 436 g/mol. The Balaban J connectivity index is 1.44. The molecule has 35 heavy (non-hydrogen) atoms. The molecule has 5 nitrogen and oxygen atoms in total. The van der Waals surface area contributed by atoms with Crippen LogP contribution in [-0.4, -0.2) is 29.9 Å². The maximum Gasteiger partial charge on any atom is 0.254 e. The number of hydrogen-bond acceptors (Lipinski definition) is 3. The molecule has 2 aliphatic carbocycles. The normalized spacial score (nSPS) is 23.3. The fraction of sp³-hybridized carbons (Fsp3) is 0.333. The van der Waals surface area contributed by atoms with E-state index >= 15 is 0 Å². The molecule has 2 amide bonds. The van der Waals surface area contributed by atoms with Gasteiger partial charge in [-0.15, -0.1) is 0 Å². The highest BCUT2D eigenvalue weighted by Gasteiger charge is 2.49. The molecule has 0 radical (unpaired) electrons. The molecule has 178 valence electrons. The van der Waals surface area contributed by atoms with Crippen LogP contribution in [0.25, 0.3) is 0 Å². The highest BCUT2D eigenvalue weighted by molar-refractivity contribution is 6.01. The number of rotatable bonds is 5. The van der Waals surface area contributed by atoms with E-state index in [1.54, 1.807) is 7.11 Å². The lowest BCUT2D eigenvalue weighted by atomic mass is 9.78. The van der Waals surface area contributed by atoms with E-state index in [1.807, 2.05) is 59.5 Å². The monoisotopic (exact) mass is 466 g/mol. The summed E-state index contributed by atoms with van der Waals surface area (Å²) in [5.41, 5.74) is 4.91. The van der Waals surface area contributed by atoms with Gasteiger partial charge in [-0.05, 0) is 72.6 Å². The van der Waals surface area contributed by atoms with E-state index in [0.29, 0.717) is 5.56 Å². The smallest absolute Gasteiger partial charge is 0.254 e. The van der Waals surface area contributed by atoms with Crippen LogP contribution in [0, 0.1) is 0 Å². The number of amides is 2.